The maximum atomic E-state index is 10.5. The molecule has 0 unspecified atom stereocenters. The number of rotatable bonds is 4. The molecular weight excluding hydrogens is 162 g/mol. The number of esters is 1. The van der Waals surface area contributed by atoms with Crippen LogP contribution >= 0.6 is 0 Å². The van der Waals surface area contributed by atoms with Gasteiger partial charge in [-0.25, -0.2) is 4.79 Å². The van der Waals surface area contributed by atoms with Gasteiger partial charge in [0.1, 0.15) is 6.61 Å². The highest BCUT2D eigenvalue weighted by molar-refractivity contribution is 5.84. The Bertz CT molecular complexity index is 192. The van der Waals surface area contributed by atoms with Crippen molar-refractivity contribution in [3.05, 3.63) is 0 Å². The predicted octanol–water partition coefficient (Wildman–Crippen LogP) is -0.463. The van der Waals surface area contributed by atoms with E-state index in [-0.39, 0.29) is 13.2 Å². The molecule has 0 radical (unpaired) electrons. The Kier molecular flexibility index (Phi) is 4.43. The second-order valence-corrected chi connectivity index (χ2v) is 2.00. The normalized spacial score (nSPS) is 8.75. The largest absolute Gasteiger partial charge is 0.464 e. The van der Waals surface area contributed by atoms with Gasteiger partial charge in [0.15, 0.2) is 0 Å². The summed E-state index contributed by atoms with van der Waals surface area (Å²) < 4.78 is 4.53. The number of nitrogens with one attached hydrogen (secondary N) is 1. The Labute approximate surface area is 69.8 Å². The third kappa shape index (κ3) is 4.26. The Balaban J connectivity index is 3.66. The van der Waals surface area contributed by atoms with Crippen LogP contribution in [0.3, 0.4) is 0 Å². The highest BCUT2D eigenvalue weighted by atomic mass is 16.5. The van der Waals surface area contributed by atoms with Crippen LogP contribution in [-0.4, -0.2) is 36.4 Å². The minimum absolute atomic E-state index is 0.0493. The van der Waals surface area contributed by atoms with Crippen LogP contribution in [-0.2, 0) is 9.53 Å². The topological polar surface area (TPSA) is 96.5 Å². The lowest BCUT2D eigenvalue weighted by Crippen LogP contribution is -2.36. The lowest BCUT2D eigenvalue weighted by atomic mass is 10.6. The van der Waals surface area contributed by atoms with Gasteiger partial charge in [-0.2, -0.15) is 0 Å². The summed E-state index contributed by atoms with van der Waals surface area (Å²) in [6.07, 6.45) is 0.784. The molecule has 68 valence electrons. The Morgan fingerprint density at radius 2 is 2.25 bits per heavy atom. The number of primary amides is 1. The lowest BCUT2D eigenvalue weighted by Gasteiger charge is -2.12. The molecule has 0 aromatic carbocycles. The van der Waals surface area contributed by atoms with Gasteiger partial charge in [0.25, 0.3) is 0 Å². The van der Waals surface area contributed by atoms with E-state index in [2.05, 4.69) is 4.74 Å². The molecule has 0 fully saturated rings. The van der Waals surface area contributed by atoms with Crippen molar-refractivity contribution < 1.29 is 14.3 Å². The SMILES string of the molecule is CC(=O)OCCN(C=N)C(N)=O. The third-order valence-electron chi connectivity index (χ3n) is 1.08. The van der Waals surface area contributed by atoms with Crippen molar-refractivity contribution in [1.29, 1.82) is 5.41 Å². The number of amides is 2. The molecule has 0 aliphatic rings. The van der Waals surface area contributed by atoms with Crippen LogP contribution in [0.2, 0.25) is 0 Å². The van der Waals surface area contributed by atoms with Gasteiger partial charge in [-0.05, 0) is 0 Å². The van der Waals surface area contributed by atoms with Gasteiger partial charge < -0.3 is 10.5 Å². The van der Waals surface area contributed by atoms with E-state index < -0.39 is 12.0 Å². The van der Waals surface area contributed by atoms with Crippen LogP contribution < -0.4 is 5.73 Å². The molecule has 0 aromatic heterocycles. The summed E-state index contributed by atoms with van der Waals surface area (Å²) in [4.78, 5) is 21.7. The fraction of sp³-hybridized carbons (Fsp3) is 0.500. The van der Waals surface area contributed by atoms with Crippen molar-refractivity contribution in [2.75, 3.05) is 13.2 Å². The van der Waals surface area contributed by atoms with E-state index in [4.69, 9.17) is 11.1 Å². The van der Waals surface area contributed by atoms with Gasteiger partial charge in [-0.1, -0.05) is 0 Å². The van der Waals surface area contributed by atoms with Crippen molar-refractivity contribution in [3.8, 4) is 0 Å². The molecular formula is C6H11N3O3. The predicted molar refractivity (Wildman–Crippen MR) is 41.7 cm³/mol. The van der Waals surface area contributed by atoms with Crippen LogP contribution in [0.4, 0.5) is 4.79 Å². The third-order valence-corrected chi connectivity index (χ3v) is 1.08. The highest BCUT2D eigenvalue weighted by Gasteiger charge is 2.05. The minimum atomic E-state index is -0.739. The van der Waals surface area contributed by atoms with Crippen molar-refractivity contribution in [1.82, 2.24) is 4.90 Å². The second kappa shape index (κ2) is 5.11. The average molecular weight is 173 g/mol. The smallest absolute Gasteiger partial charge is 0.320 e. The molecule has 3 N–H and O–H groups in total. The minimum Gasteiger partial charge on any atom is -0.464 e. The van der Waals surface area contributed by atoms with Crippen LogP contribution in [0.25, 0.3) is 0 Å². The molecule has 0 atom stereocenters. The van der Waals surface area contributed by atoms with Crippen LogP contribution in [0.15, 0.2) is 0 Å². The molecule has 0 bridgehead atoms. The molecule has 0 saturated heterocycles. The molecule has 0 aliphatic heterocycles. The summed E-state index contributed by atoms with van der Waals surface area (Å²) in [5.74, 6) is -0.426. The monoisotopic (exact) mass is 173 g/mol. The van der Waals surface area contributed by atoms with E-state index in [9.17, 15) is 9.59 Å². The molecule has 2 amide bonds. The quantitative estimate of drug-likeness (QED) is 0.342. The molecule has 0 rings (SSSR count). The van der Waals surface area contributed by atoms with Gasteiger partial charge in [-0.15, -0.1) is 0 Å². The maximum Gasteiger partial charge on any atom is 0.320 e. The standard InChI is InChI=1S/C6H11N3O3/c1-5(10)12-3-2-9(4-7)6(8)11/h4,7H,2-3H2,1H3,(H2,8,11). The van der Waals surface area contributed by atoms with Crippen LogP contribution in [0.1, 0.15) is 6.92 Å². The fourth-order valence-electron chi connectivity index (χ4n) is 0.526. The van der Waals surface area contributed by atoms with E-state index in [0.717, 1.165) is 11.2 Å². The van der Waals surface area contributed by atoms with E-state index in [1.165, 1.54) is 6.92 Å². The molecule has 12 heavy (non-hydrogen) atoms. The van der Waals surface area contributed by atoms with Crippen molar-refractivity contribution in [2.45, 2.75) is 6.92 Å². The van der Waals surface area contributed by atoms with E-state index in [0.29, 0.717) is 0 Å². The zero-order valence-electron chi connectivity index (χ0n) is 6.74. The number of nitrogens with two attached hydrogens (primary N) is 1. The molecule has 0 spiro atoms. The van der Waals surface area contributed by atoms with E-state index >= 15 is 0 Å². The van der Waals surface area contributed by atoms with Gasteiger partial charge in [-0.3, -0.25) is 15.1 Å². The lowest BCUT2D eigenvalue weighted by molar-refractivity contribution is -0.141. The van der Waals surface area contributed by atoms with E-state index in [1.807, 2.05) is 0 Å². The summed E-state index contributed by atoms with van der Waals surface area (Å²) >= 11 is 0. The molecule has 0 saturated carbocycles. The first-order chi connectivity index (χ1) is 5.57. The molecule has 6 heteroatoms. The summed E-state index contributed by atoms with van der Waals surface area (Å²) in [6, 6.07) is -0.739. The number of ether oxygens (including phenoxy) is 1. The van der Waals surface area contributed by atoms with Crippen LogP contribution in [0, 0.1) is 5.41 Å². The first-order valence-electron chi connectivity index (χ1n) is 3.28. The second-order valence-electron chi connectivity index (χ2n) is 2.00. The van der Waals surface area contributed by atoms with Crippen LogP contribution in [0.5, 0.6) is 0 Å². The molecule has 0 aromatic rings. The van der Waals surface area contributed by atoms with Gasteiger partial charge >= 0.3 is 12.0 Å². The highest BCUT2D eigenvalue weighted by Crippen LogP contribution is 1.83. The summed E-state index contributed by atoms with van der Waals surface area (Å²) in [6.45, 7) is 1.42. The summed E-state index contributed by atoms with van der Waals surface area (Å²) in [5, 5.41) is 6.74. The van der Waals surface area contributed by atoms with E-state index in [1.54, 1.807) is 0 Å². The number of carbonyl (C=O) groups excluding carboxylic acids is 2. The number of urea groups is 1. The first-order valence-corrected chi connectivity index (χ1v) is 3.28. The Hall–Kier alpha value is -1.59. The number of nitrogens with zero attached hydrogens (tertiary/aromatic N) is 1. The molecule has 6 nitrogen and oxygen atoms in total. The zero-order valence-corrected chi connectivity index (χ0v) is 6.74. The molecule has 0 heterocycles. The number of hydrogen-bond acceptors (Lipinski definition) is 4. The number of hydrogen-bond donors (Lipinski definition) is 2. The van der Waals surface area contributed by atoms with Crippen molar-refractivity contribution in [3.63, 3.8) is 0 Å². The average Bonchev–Trinajstić information content (AvgIpc) is 1.96. The zero-order chi connectivity index (χ0) is 9.56. The maximum absolute atomic E-state index is 10.5. The van der Waals surface area contributed by atoms with Gasteiger partial charge in [0.2, 0.25) is 0 Å². The Morgan fingerprint density at radius 1 is 1.67 bits per heavy atom. The Morgan fingerprint density at radius 3 is 2.58 bits per heavy atom. The summed E-state index contributed by atoms with van der Waals surface area (Å²) in [5.41, 5.74) is 4.86. The summed E-state index contributed by atoms with van der Waals surface area (Å²) in [7, 11) is 0. The van der Waals surface area contributed by atoms with Crippen molar-refractivity contribution >= 4 is 18.3 Å². The van der Waals surface area contributed by atoms with Gasteiger partial charge in [0, 0.05) is 6.92 Å². The molecule has 0 aliphatic carbocycles. The fourth-order valence-corrected chi connectivity index (χ4v) is 0.526. The van der Waals surface area contributed by atoms with Gasteiger partial charge in [0.05, 0.1) is 12.9 Å². The van der Waals surface area contributed by atoms with Crippen molar-refractivity contribution in [2.24, 2.45) is 5.73 Å². The number of carbonyl (C=O) groups is 2. The first kappa shape index (κ1) is 10.4.